The van der Waals surface area contributed by atoms with Gasteiger partial charge in [0.15, 0.2) is 0 Å². The Bertz CT molecular complexity index is 2130. The predicted molar refractivity (Wildman–Crippen MR) is 205 cm³/mol. The van der Waals surface area contributed by atoms with Gasteiger partial charge < -0.3 is 25.0 Å². The molecule has 17 heteroatoms. The molecule has 3 heterocycles. The maximum absolute atomic E-state index is 14.6. The molecule has 6 rings (SSSR count). The van der Waals surface area contributed by atoms with Crippen LogP contribution in [0.15, 0.2) is 60.7 Å². The average Bonchev–Trinajstić information content (AvgIpc) is 3.66. The van der Waals surface area contributed by atoms with E-state index in [0.717, 1.165) is 17.1 Å². The zero-order valence-electron chi connectivity index (χ0n) is 32.1. The molecule has 0 radical (unpaired) electrons. The summed E-state index contributed by atoms with van der Waals surface area (Å²) in [4.78, 5) is 66.5. The molecule has 2 fully saturated rings. The van der Waals surface area contributed by atoms with Gasteiger partial charge in [-0.1, -0.05) is 37.1 Å². The lowest BCUT2D eigenvalue weighted by molar-refractivity contribution is -0.141. The van der Waals surface area contributed by atoms with Crippen molar-refractivity contribution in [3.8, 4) is 17.1 Å². The molecule has 3 N–H and O–H groups in total. The number of para-hydroxylation sites is 2. The van der Waals surface area contributed by atoms with Gasteiger partial charge in [-0.3, -0.25) is 14.4 Å². The summed E-state index contributed by atoms with van der Waals surface area (Å²) >= 11 is 0. The third kappa shape index (κ3) is 9.26. The number of carbonyl (C=O) groups is 4. The van der Waals surface area contributed by atoms with E-state index in [1.165, 1.54) is 31.1 Å². The number of hydrogen-bond acceptors (Lipinski definition) is 10. The van der Waals surface area contributed by atoms with E-state index in [1.54, 1.807) is 51.1 Å². The highest BCUT2D eigenvalue weighted by atomic mass is 32.2. The second-order valence-electron chi connectivity index (χ2n) is 15.6. The van der Waals surface area contributed by atoms with Crippen molar-refractivity contribution in [1.82, 2.24) is 34.5 Å². The summed E-state index contributed by atoms with van der Waals surface area (Å²) in [5.74, 6) is -3.01. The third-order valence-corrected chi connectivity index (χ3v) is 11.4. The number of allylic oxidation sites excluding steroid dienone is 1. The van der Waals surface area contributed by atoms with Gasteiger partial charge in [0, 0.05) is 32.0 Å². The second-order valence-corrected chi connectivity index (χ2v) is 17.5. The SMILES string of the molecule is CN(C)S(=O)(=O)NC(=O)[C@@]12C[C@H]1C=CCCCCC[C@H](NC(=O)OC(C)(C)C)C(=O)N1C[C@H](Oc3nc4ccccc4nc3-c3ccc(F)cc3)C[C@H]1C(=O)N2. The van der Waals surface area contributed by atoms with Crippen LogP contribution in [0.5, 0.6) is 5.88 Å². The zero-order chi connectivity index (χ0) is 40.4. The van der Waals surface area contributed by atoms with Crippen molar-refractivity contribution in [2.45, 2.75) is 95.0 Å². The number of rotatable bonds is 7. The van der Waals surface area contributed by atoms with Crippen LogP contribution in [-0.2, 0) is 29.3 Å². The Morgan fingerprint density at radius 1 is 1.02 bits per heavy atom. The van der Waals surface area contributed by atoms with Crippen LogP contribution < -0.4 is 20.1 Å². The van der Waals surface area contributed by atoms with Gasteiger partial charge in [0.05, 0.1) is 17.6 Å². The highest BCUT2D eigenvalue weighted by molar-refractivity contribution is 7.87. The summed E-state index contributed by atoms with van der Waals surface area (Å²) in [6.45, 7) is 5.01. The Kier molecular flexibility index (Phi) is 11.7. The van der Waals surface area contributed by atoms with Crippen molar-refractivity contribution < 1.29 is 41.5 Å². The van der Waals surface area contributed by atoms with Crippen molar-refractivity contribution in [2.75, 3.05) is 20.6 Å². The number of halogens is 1. The molecule has 15 nitrogen and oxygen atoms in total. The summed E-state index contributed by atoms with van der Waals surface area (Å²) in [5.41, 5.74) is -0.511. The number of hydrogen-bond donors (Lipinski definition) is 3. The summed E-state index contributed by atoms with van der Waals surface area (Å²) in [5, 5.41) is 5.53. The molecule has 1 saturated carbocycles. The fourth-order valence-corrected chi connectivity index (χ4v) is 7.53. The minimum atomic E-state index is -4.20. The number of nitrogens with one attached hydrogen (secondary N) is 3. The molecule has 1 aliphatic carbocycles. The molecule has 3 aromatic rings. The molecule has 2 aliphatic heterocycles. The van der Waals surface area contributed by atoms with Crippen LogP contribution in [-0.4, -0.2) is 101 Å². The van der Waals surface area contributed by atoms with E-state index in [4.69, 9.17) is 19.4 Å². The molecular formula is C39H48FN7O8S. The summed E-state index contributed by atoms with van der Waals surface area (Å²) in [6, 6.07) is 10.5. The Labute approximate surface area is 325 Å². The first-order valence-corrected chi connectivity index (χ1v) is 20.1. The van der Waals surface area contributed by atoms with Gasteiger partial charge in [0.25, 0.3) is 5.91 Å². The molecule has 1 saturated heterocycles. The number of carbonyl (C=O) groups excluding carboxylic acids is 4. The van der Waals surface area contributed by atoms with Crippen LogP contribution >= 0.6 is 0 Å². The van der Waals surface area contributed by atoms with Gasteiger partial charge >= 0.3 is 16.3 Å². The van der Waals surface area contributed by atoms with E-state index in [0.29, 0.717) is 35.1 Å². The molecule has 0 unspecified atom stereocenters. The fraction of sp³-hybridized carbons (Fsp3) is 0.487. The maximum Gasteiger partial charge on any atom is 0.408 e. The molecular weight excluding hydrogens is 746 g/mol. The number of benzene rings is 2. The molecule has 0 bridgehead atoms. The number of amides is 4. The predicted octanol–water partition coefficient (Wildman–Crippen LogP) is 4.00. The smallest absolute Gasteiger partial charge is 0.408 e. The van der Waals surface area contributed by atoms with Crippen molar-refractivity contribution in [2.24, 2.45) is 5.92 Å². The molecule has 1 aromatic heterocycles. The quantitative estimate of drug-likeness (QED) is 0.295. The van der Waals surface area contributed by atoms with Crippen LogP contribution in [0, 0.1) is 11.7 Å². The standard InChI is InChI=1S/C39H48FN7O8S/c1-38(2,3)55-37(51)43-30-16-10-8-6-7-9-13-25-22-39(25,36(50)45-56(52,53)46(4)5)44-33(48)31-21-27(23-47(31)35(30)49)54-34-32(24-17-19-26(40)20-18-24)41-28-14-11-12-15-29(28)42-34/h9,11-15,17-20,25,27,30-31H,6-8,10,16,21-23H2,1-5H3,(H,43,51)(H,44,48)(H,45,50)/t25-,27-,30+,31+,39-/m1/s1. The molecule has 56 heavy (non-hydrogen) atoms. The van der Waals surface area contributed by atoms with Gasteiger partial charge in [-0.15, -0.1) is 0 Å². The first-order chi connectivity index (χ1) is 26.5. The van der Waals surface area contributed by atoms with E-state index in [-0.39, 0.29) is 31.7 Å². The van der Waals surface area contributed by atoms with Crippen LogP contribution in [0.2, 0.25) is 0 Å². The van der Waals surface area contributed by atoms with Crippen LogP contribution in [0.4, 0.5) is 9.18 Å². The Morgan fingerprint density at radius 2 is 1.71 bits per heavy atom. The van der Waals surface area contributed by atoms with Crippen LogP contribution in [0.3, 0.4) is 0 Å². The Morgan fingerprint density at radius 3 is 2.39 bits per heavy atom. The van der Waals surface area contributed by atoms with Crippen LogP contribution in [0.25, 0.3) is 22.3 Å². The average molecular weight is 794 g/mol. The lowest BCUT2D eigenvalue weighted by atomic mass is 10.0. The minimum absolute atomic E-state index is 0.0533. The number of fused-ring (bicyclic) bond motifs is 3. The van der Waals surface area contributed by atoms with E-state index < -0.39 is 75.1 Å². The van der Waals surface area contributed by atoms with E-state index in [2.05, 4.69) is 15.4 Å². The van der Waals surface area contributed by atoms with Crippen molar-refractivity contribution in [3.05, 3.63) is 66.5 Å². The van der Waals surface area contributed by atoms with Gasteiger partial charge in [0.1, 0.15) is 40.8 Å². The van der Waals surface area contributed by atoms with Gasteiger partial charge in [-0.2, -0.15) is 12.7 Å². The van der Waals surface area contributed by atoms with Crippen molar-refractivity contribution >= 4 is 45.1 Å². The first-order valence-electron chi connectivity index (χ1n) is 18.7. The van der Waals surface area contributed by atoms with Gasteiger partial charge in [-0.25, -0.2) is 23.9 Å². The van der Waals surface area contributed by atoms with E-state index in [9.17, 15) is 32.0 Å². The minimum Gasteiger partial charge on any atom is -0.471 e. The zero-order valence-corrected chi connectivity index (χ0v) is 32.9. The van der Waals surface area contributed by atoms with E-state index >= 15 is 0 Å². The first kappa shape index (κ1) is 40.5. The molecule has 3 aliphatic rings. The molecule has 2 aromatic carbocycles. The topological polar surface area (TPSA) is 189 Å². The van der Waals surface area contributed by atoms with Gasteiger partial charge in [0.2, 0.25) is 17.7 Å². The molecule has 0 spiro atoms. The third-order valence-electron chi connectivity index (χ3n) is 9.97. The Balaban J connectivity index is 1.36. The van der Waals surface area contributed by atoms with E-state index in [1.807, 2.05) is 18.2 Å². The lowest BCUT2D eigenvalue weighted by Crippen LogP contribution is -2.58. The molecule has 300 valence electrons. The van der Waals surface area contributed by atoms with Gasteiger partial charge in [-0.05, 0) is 82.9 Å². The summed E-state index contributed by atoms with van der Waals surface area (Å²) in [7, 11) is -1.65. The number of nitrogens with zero attached hydrogens (tertiary/aromatic N) is 4. The lowest BCUT2D eigenvalue weighted by Gasteiger charge is -2.30. The number of aromatic nitrogens is 2. The maximum atomic E-state index is 14.6. The van der Waals surface area contributed by atoms with Crippen molar-refractivity contribution in [3.63, 3.8) is 0 Å². The largest absolute Gasteiger partial charge is 0.471 e. The van der Waals surface area contributed by atoms with Crippen LogP contribution in [0.1, 0.15) is 65.7 Å². The highest BCUT2D eigenvalue weighted by Gasteiger charge is 2.61. The highest BCUT2D eigenvalue weighted by Crippen LogP contribution is 2.46. The molecule has 4 amide bonds. The summed E-state index contributed by atoms with van der Waals surface area (Å²) in [6.07, 6.45) is 5.15. The number of alkyl carbamates (subject to hydrolysis) is 1. The monoisotopic (exact) mass is 793 g/mol. The van der Waals surface area contributed by atoms with Crippen molar-refractivity contribution in [1.29, 1.82) is 0 Å². The normalized spacial score (nSPS) is 24.7. The Hall–Kier alpha value is -5.16. The number of ether oxygens (including phenoxy) is 2. The second kappa shape index (κ2) is 16.1. The summed E-state index contributed by atoms with van der Waals surface area (Å²) < 4.78 is 54.3. The fourth-order valence-electron chi connectivity index (χ4n) is 6.93. The molecule has 5 atom stereocenters.